The monoisotopic (exact) mass is 407 g/mol. The van der Waals surface area contributed by atoms with Crippen molar-refractivity contribution in [2.45, 2.75) is 42.1 Å². The third kappa shape index (κ3) is 3.94. The van der Waals surface area contributed by atoms with Crippen LogP contribution in [0.3, 0.4) is 0 Å². The maximum Gasteiger partial charge on any atom is 0.262 e. The highest BCUT2D eigenvalue weighted by Crippen LogP contribution is 2.39. The Hall–Kier alpha value is -2.60. The van der Waals surface area contributed by atoms with Gasteiger partial charge in [-0.2, -0.15) is 0 Å². The Balaban J connectivity index is 1.85. The predicted octanol–water partition coefficient (Wildman–Crippen LogP) is 4.43. The summed E-state index contributed by atoms with van der Waals surface area (Å²) in [6, 6.07) is 17.3. The van der Waals surface area contributed by atoms with E-state index in [9.17, 15) is 9.59 Å². The molecule has 1 aliphatic carbocycles. The van der Waals surface area contributed by atoms with Crippen molar-refractivity contribution in [3.8, 4) is 0 Å². The number of carbonyl (C=O) groups excluding carboxylic acids is 1. The topological polar surface area (TPSA) is 55.2 Å². The number of para-hydroxylation sites is 1. The van der Waals surface area contributed by atoms with Crippen LogP contribution in [0.1, 0.15) is 42.5 Å². The van der Waals surface area contributed by atoms with Crippen molar-refractivity contribution < 1.29 is 4.79 Å². The van der Waals surface area contributed by atoms with E-state index in [0.29, 0.717) is 16.1 Å². The minimum Gasteiger partial charge on any atom is -0.348 e. The highest BCUT2D eigenvalue weighted by atomic mass is 32.2. The highest BCUT2D eigenvalue weighted by molar-refractivity contribution is 8.00. The van der Waals surface area contributed by atoms with Gasteiger partial charge in [-0.15, -0.1) is 0 Å². The zero-order valence-corrected chi connectivity index (χ0v) is 17.6. The van der Waals surface area contributed by atoms with Crippen LogP contribution in [0.15, 0.2) is 64.5 Å². The van der Waals surface area contributed by atoms with Gasteiger partial charge in [0, 0.05) is 20.1 Å². The minimum absolute atomic E-state index is 0.00545. The van der Waals surface area contributed by atoms with Crippen molar-refractivity contribution in [1.29, 1.82) is 0 Å². The average Bonchev–Trinajstić information content (AvgIpc) is 3.26. The number of nitrogens with zero attached hydrogens (tertiary/aromatic N) is 3. The molecule has 0 spiro atoms. The number of thioether (sulfide) groups is 1. The van der Waals surface area contributed by atoms with Crippen LogP contribution in [0, 0.1) is 0 Å². The molecule has 0 aliphatic heterocycles. The van der Waals surface area contributed by atoms with E-state index < -0.39 is 5.25 Å². The first-order chi connectivity index (χ1) is 14.1. The molecule has 1 aromatic heterocycles. The first kappa shape index (κ1) is 19.7. The molecule has 6 heteroatoms. The predicted molar refractivity (Wildman–Crippen MR) is 117 cm³/mol. The molecule has 5 nitrogen and oxygen atoms in total. The van der Waals surface area contributed by atoms with E-state index in [1.165, 1.54) is 11.8 Å². The molecule has 150 valence electrons. The summed E-state index contributed by atoms with van der Waals surface area (Å²) >= 11 is 1.38. The molecule has 0 bridgehead atoms. The minimum atomic E-state index is -0.452. The molecule has 0 N–H and O–H groups in total. The van der Waals surface area contributed by atoms with Crippen molar-refractivity contribution in [2.75, 3.05) is 14.1 Å². The van der Waals surface area contributed by atoms with E-state index in [1.54, 1.807) is 19.0 Å². The molecule has 0 saturated heterocycles. The molecule has 1 fully saturated rings. The first-order valence-corrected chi connectivity index (χ1v) is 10.9. The number of carbonyl (C=O) groups is 1. The second-order valence-electron chi connectivity index (χ2n) is 7.67. The number of hydrogen-bond acceptors (Lipinski definition) is 4. The molecular weight excluding hydrogens is 382 g/mol. The van der Waals surface area contributed by atoms with Gasteiger partial charge in [0.25, 0.3) is 5.56 Å². The lowest BCUT2D eigenvalue weighted by Gasteiger charge is -2.24. The van der Waals surface area contributed by atoms with Crippen molar-refractivity contribution in [3.05, 3.63) is 70.5 Å². The van der Waals surface area contributed by atoms with Crippen LogP contribution in [-0.4, -0.2) is 34.5 Å². The summed E-state index contributed by atoms with van der Waals surface area (Å²) in [4.78, 5) is 32.8. The Morgan fingerprint density at radius 1 is 1.07 bits per heavy atom. The summed E-state index contributed by atoms with van der Waals surface area (Å²) in [6.45, 7) is 0. The molecular formula is C23H25N3O2S. The standard InChI is InChI=1S/C23H25N3O2S/c1-25(2)22(28)20(16-10-4-3-5-11-16)29-23-24-19-15-9-8-14-18(19)21(27)26(23)17-12-6-7-13-17/h3-5,8-11,14-15,17,20H,6-7,12-13H2,1-2H3/t20-/m1/s1. The van der Waals surface area contributed by atoms with Crippen molar-refractivity contribution in [2.24, 2.45) is 0 Å². The lowest BCUT2D eigenvalue weighted by Crippen LogP contribution is -2.29. The third-order valence-corrected chi connectivity index (χ3v) is 6.66. The van der Waals surface area contributed by atoms with Crippen LogP contribution in [0.5, 0.6) is 0 Å². The lowest BCUT2D eigenvalue weighted by atomic mass is 10.1. The van der Waals surface area contributed by atoms with Gasteiger partial charge >= 0.3 is 0 Å². The number of fused-ring (bicyclic) bond motifs is 1. The maximum atomic E-state index is 13.4. The summed E-state index contributed by atoms with van der Waals surface area (Å²) < 4.78 is 1.85. The molecule has 29 heavy (non-hydrogen) atoms. The fourth-order valence-corrected chi connectivity index (χ4v) is 5.23. The van der Waals surface area contributed by atoms with Crippen LogP contribution < -0.4 is 5.56 Å². The van der Waals surface area contributed by atoms with E-state index in [1.807, 2.05) is 59.2 Å². The van der Waals surface area contributed by atoms with E-state index >= 15 is 0 Å². The average molecular weight is 408 g/mol. The largest absolute Gasteiger partial charge is 0.348 e. The Labute approximate surface area is 174 Å². The fourth-order valence-electron chi connectivity index (χ4n) is 3.92. The van der Waals surface area contributed by atoms with Crippen molar-refractivity contribution >= 4 is 28.6 Å². The number of likely N-dealkylation sites (N-methyl/N-ethyl adjacent to an activating group) is 1. The van der Waals surface area contributed by atoms with Crippen molar-refractivity contribution in [1.82, 2.24) is 14.5 Å². The van der Waals surface area contributed by atoms with E-state index in [2.05, 4.69) is 0 Å². The summed E-state index contributed by atoms with van der Waals surface area (Å²) in [5.41, 5.74) is 1.59. The molecule has 1 amide bonds. The molecule has 1 aliphatic rings. The number of hydrogen-bond donors (Lipinski definition) is 0. The summed E-state index contributed by atoms with van der Waals surface area (Å²) in [6.07, 6.45) is 4.19. The number of rotatable bonds is 5. The van der Waals surface area contributed by atoms with Crippen LogP contribution in [0.2, 0.25) is 0 Å². The second-order valence-corrected chi connectivity index (χ2v) is 8.74. The molecule has 0 unspecified atom stereocenters. The lowest BCUT2D eigenvalue weighted by molar-refractivity contribution is -0.128. The van der Waals surface area contributed by atoms with E-state index in [-0.39, 0.29) is 17.5 Å². The first-order valence-electron chi connectivity index (χ1n) is 10.0. The van der Waals surface area contributed by atoms with Gasteiger partial charge in [-0.25, -0.2) is 4.98 Å². The molecule has 2 aromatic carbocycles. The number of amides is 1. The summed E-state index contributed by atoms with van der Waals surface area (Å²) in [7, 11) is 3.52. The van der Waals surface area contributed by atoms with Gasteiger partial charge in [0.2, 0.25) is 5.91 Å². The van der Waals surface area contributed by atoms with Gasteiger partial charge in [0.1, 0.15) is 5.25 Å². The van der Waals surface area contributed by atoms with Crippen LogP contribution in [0.4, 0.5) is 0 Å². The molecule has 0 radical (unpaired) electrons. The quantitative estimate of drug-likeness (QED) is 0.464. The molecule has 1 saturated carbocycles. The van der Waals surface area contributed by atoms with Gasteiger partial charge in [-0.3, -0.25) is 14.2 Å². The zero-order valence-electron chi connectivity index (χ0n) is 16.7. The maximum absolute atomic E-state index is 13.4. The Morgan fingerprint density at radius 3 is 2.41 bits per heavy atom. The van der Waals surface area contributed by atoms with E-state index in [4.69, 9.17) is 4.98 Å². The van der Waals surface area contributed by atoms with Crippen LogP contribution in [0.25, 0.3) is 10.9 Å². The number of benzene rings is 2. The fraction of sp³-hybridized carbons (Fsp3) is 0.348. The van der Waals surface area contributed by atoms with Gasteiger partial charge in [0.05, 0.1) is 10.9 Å². The van der Waals surface area contributed by atoms with Gasteiger partial charge in [-0.1, -0.05) is 67.1 Å². The zero-order chi connectivity index (χ0) is 20.4. The van der Waals surface area contributed by atoms with Crippen LogP contribution >= 0.6 is 11.8 Å². The third-order valence-electron chi connectivity index (χ3n) is 5.46. The van der Waals surface area contributed by atoms with Gasteiger partial charge in [-0.05, 0) is 30.5 Å². The van der Waals surface area contributed by atoms with Crippen LogP contribution in [-0.2, 0) is 4.79 Å². The molecule has 1 heterocycles. The highest BCUT2D eigenvalue weighted by Gasteiger charge is 2.29. The van der Waals surface area contributed by atoms with Crippen molar-refractivity contribution in [3.63, 3.8) is 0 Å². The van der Waals surface area contributed by atoms with Gasteiger partial charge in [0.15, 0.2) is 5.16 Å². The second kappa shape index (κ2) is 8.41. The normalized spacial score (nSPS) is 15.5. The molecule has 4 rings (SSSR count). The molecule has 3 aromatic rings. The molecule has 1 atom stereocenters. The number of aromatic nitrogens is 2. The van der Waals surface area contributed by atoms with Gasteiger partial charge < -0.3 is 4.90 Å². The smallest absolute Gasteiger partial charge is 0.262 e. The Bertz CT molecular complexity index is 1070. The summed E-state index contributed by atoms with van der Waals surface area (Å²) in [5.74, 6) is -0.0124. The van der Waals surface area contributed by atoms with E-state index in [0.717, 1.165) is 31.2 Å². The Kier molecular flexibility index (Phi) is 5.72. The Morgan fingerprint density at radius 2 is 1.72 bits per heavy atom. The SMILES string of the molecule is CN(C)C(=O)[C@H](Sc1nc2ccccc2c(=O)n1C1CCCC1)c1ccccc1. The summed E-state index contributed by atoms with van der Waals surface area (Å²) in [5, 5.41) is 0.815.